The van der Waals surface area contributed by atoms with Crippen molar-refractivity contribution in [3.8, 4) is 23.6 Å². The number of likely N-dealkylation sites (N-methyl/N-ethyl adjacent to an activating group) is 2. The van der Waals surface area contributed by atoms with Gasteiger partial charge in [-0.3, -0.25) is 29.5 Å². The van der Waals surface area contributed by atoms with E-state index >= 15 is 0 Å². The fraction of sp³-hybridized carbons (Fsp3) is 0.169. The van der Waals surface area contributed by atoms with Crippen LogP contribution in [0, 0.1) is 36.5 Å². The third-order valence-electron chi connectivity index (χ3n) is 11.0. The van der Waals surface area contributed by atoms with Crippen molar-refractivity contribution >= 4 is 169 Å². The Morgan fingerprint density at radius 2 is 1.11 bits per heavy atom. The lowest BCUT2D eigenvalue weighted by Gasteiger charge is -2.15. The van der Waals surface area contributed by atoms with E-state index in [1.54, 1.807) is 55.0 Å². The third-order valence-corrected chi connectivity index (χ3v) is 11.6. The number of ether oxygens (including phenoxy) is 2. The smallest absolute Gasteiger partial charge is 0.328 e. The van der Waals surface area contributed by atoms with Crippen LogP contribution in [0.2, 0.25) is 10.0 Å². The fourth-order valence-electron chi connectivity index (χ4n) is 7.14. The minimum atomic E-state index is -0.892. The summed E-state index contributed by atoms with van der Waals surface area (Å²) >= 11 is 26.0. The standard InChI is InChI=1S/C29H27ClN6O2.C23H18ClN5O.C6H11NO2.CCl2O.ClH.I2/c1-19-13-26-23(15-25(19)35-28(37)8-6-12-36(2)3)29(20(16-31)17-33-26)34-21-9-10-27(24(30)14-21)38-18-22-7-4-5-11-32-22;1-14-8-21-18(10-20(14)26)23(15(11-25)12-28-21)29-16-5-6-22(19(24)9-16)30-13-17-4-2-3-7-27-17;1-7(2)5-3-4-6(8)9;2-1(3)4;;1-2/h4-11,13-15,17H,12,18H2,1-3H3,(H,33,34)(H,35,37);2-10,12H,13,26H2,1H3,(H,28,29);3-4H,5H2,1-2H3,(H,8,9);;1H;/b8-6+;;4-3+;;;. The molecule has 0 saturated heterocycles. The molecule has 0 fully saturated rings. The maximum Gasteiger partial charge on any atom is 0.328 e. The van der Waals surface area contributed by atoms with E-state index in [1.165, 1.54) is 12.3 Å². The number of rotatable bonds is 17. The van der Waals surface area contributed by atoms with Gasteiger partial charge < -0.3 is 46.1 Å². The average molecular weight is 1460 g/mol. The highest BCUT2D eigenvalue weighted by Crippen LogP contribution is 2.37. The summed E-state index contributed by atoms with van der Waals surface area (Å²) in [6.45, 7) is 5.76. The van der Waals surface area contributed by atoms with Crippen molar-refractivity contribution in [3.05, 3.63) is 190 Å². The molecule has 0 unspecified atom stereocenters. The van der Waals surface area contributed by atoms with Gasteiger partial charge in [-0.1, -0.05) is 47.5 Å². The molecule has 0 aliphatic rings. The molecule has 4 aromatic heterocycles. The number of hydrogen-bond donors (Lipinski definition) is 5. The van der Waals surface area contributed by atoms with Crippen LogP contribution in [0.15, 0.2) is 146 Å². The lowest BCUT2D eigenvalue weighted by atomic mass is 10.1. The monoisotopic (exact) mass is 1460 g/mol. The highest BCUT2D eigenvalue weighted by atomic mass is 128. The number of carboxylic acids is 1. The number of nitrogens with one attached hydrogen (secondary N) is 3. The van der Waals surface area contributed by atoms with Crippen LogP contribution < -0.4 is 31.2 Å². The molecule has 4 aromatic carbocycles. The number of nitrogens with two attached hydrogens (primary N) is 1. The Morgan fingerprint density at radius 1 is 0.667 bits per heavy atom. The minimum absolute atomic E-state index is 0. The van der Waals surface area contributed by atoms with Gasteiger partial charge in [-0.2, -0.15) is 10.5 Å². The Hall–Kier alpha value is -7.10. The Labute approximate surface area is 536 Å². The van der Waals surface area contributed by atoms with E-state index in [0.29, 0.717) is 104 Å². The second-order valence-corrected chi connectivity index (χ2v) is 19.6. The molecule has 0 bridgehead atoms. The minimum Gasteiger partial charge on any atom is -0.486 e. The molecule has 4 heterocycles. The number of amides is 1. The number of pyridine rings is 4. The van der Waals surface area contributed by atoms with Crippen LogP contribution in [0.4, 0.5) is 38.9 Å². The van der Waals surface area contributed by atoms with Gasteiger partial charge in [0.1, 0.15) is 36.9 Å². The number of anilines is 6. The molecule has 1 amide bonds. The van der Waals surface area contributed by atoms with E-state index in [1.807, 2.05) is 125 Å². The van der Waals surface area contributed by atoms with E-state index in [2.05, 4.69) is 108 Å². The first-order valence-corrected chi connectivity index (χ1v) is 32.3. The van der Waals surface area contributed by atoms with Crippen LogP contribution in [0.3, 0.4) is 0 Å². The number of carbonyl (C=O) groups is 3. The number of hydrogen-bond acceptors (Lipinski definition) is 16. The van der Waals surface area contributed by atoms with E-state index in [9.17, 15) is 20.1 Å². The van der Waals surface area contributed by atoms with Gasteiger partial charge in [-0.25, -0.2) is 4.79 Å². The lowest BCUT2D eigenvalue weighted by Crippen LogP contribution is -2.13. The van der Waals surface area contributed by atoms with Crippen LogP contribution in [-0.4, -0.2) is 92.7 Å². The van der Waals surface area contributed by atoms with Crippen LogP contribution in [0.25, 0.3) is 21.8 Å². The summed E-state index contributed by atoms with van der Waals surface area (Å²) in [6.07, 6.45) is 12.5. The van der Waals surface area contributed by atoms with Crippen molar-refractivity contribution in [2.24, 2.45) is 0 Å². The molecule has 0 radical (unpaired) electrons. The summed E-state index contributed by atoms with van der Waals surface area (Å²) in [4.78, 5) is 52.5. The molecule has 438 valence electrons. The molecule has 0 aliphatic carbocycles. The van der Waals surface area contributed by atoms with Crippen molar-refractivity contribution in [2.45, 2.75) is 27.1 Å². The number of nitrogens with zero attached hydrogens (tertiary/aromatic N) is 8. The SMILES string of the molecule is CN(C)C/C=C/C(=O)O.Cc1cc2ncc(C#N)c(Nc3ccc(OCc4ccccn4)c(Cl)c3)c2cc1N.Cc1cc2ncc(C#N)c(Nc3ccc(OCc4ccccn4)c(Cl)c3)c2cc1NC(=O)/C=C/CN(C)C.Cl.II.O=C(Cl)Cl. The number of aromatic nitrogens is 4. The van der Waals surface area contributed by atoms with Gasteiger partial charge in [-0.15, -0.1) is 12.4 Å². The van der Waals surface area contributed by atoms with Gasteiger partial charge in [-0.05, 0) is 161 Å². The van der Waals surface area contributed by atoms with Gasteiger partial charge >= 0.3 is 10.7 Å². The summed E-state index contributed by atoms with van der Waals surface area (Å²) in [5.41, 5.74) is 15.5. The molecule has 18 nitrogen and oxygen atoms in total. The largest absolute Gasteiger partial charge is 0.486 e. The Balaban J connectivity index is 0.000000357. The number of aliphatic carboxylic acids is 1. The Bertz CT molecular complexity index is 3650. The second kappa shape index (κ2) is 37.3. The van der Waals surface area contributed by atoms with Crippen LogP contribution in [0.1, 0.15) is 33.6 Å². The van der Waals surface area contributed by atoms with Gasteiger partial charge in [0.2, 0.25) is 5.91 Å². The summed E-state index contributed by atoms with van der Waals surface area (Å²) in [5, 5.41) is 39.3. The number of nitrogen functional groups attached to an aromatic ring is 1. The van der Waals surface area contributed by atoms with Gasteiger partial charge in [0.25, 0.3) is 0 Å². The van der Waals surface area contributed by atoms with Gasteiger partial charge in [0.05, 0.1) is 55.0 Å². The predicted molar refractivity (Wildman–Crippen MR) is 357 cm³/mol. The fourth-order valence-corrected chi connectivity index (χ4v) is 7.61. The first-order chi connectivity index (χ1) is 39.7. The molecule has 0 saturated carbocycles. The number of carboxylic acid groups (broad SMARTS) is 1. The topological polar surface area (TPSA) is 258 Å². The van der Waals surface area contributed by atoms with E-state index in [4.69, 9.17) is 48.3 Å². The predicted octanol–water partition coefficient (Wildman–Crippen LogP) is 15.2. The van der Waals surface area contributed by atoms with Gasteiger partial charge in [0.15, 0.2) is 0 Å². The van der Waals surface area contributed by atoms with E-state index in [-0.39, 0.29) is 18.3 Å². The molecular weight excluding hydrogens is 1400 g/mol. The van der Waals surface area contributed by atoms with Crippen molar-refractivity contribution in [2.75, 3.05) is 63.0 Å². The maximum absolute atomic E-state index is 12.5. The highest BCUT2D eigenvalue weighted by molar-refractivity contribution is 15.0. The van der Waals surface area contributed by atoms with Crippen LogP contribution >= 0.6 is 96.0 Å². The highest BCUT2D eigenvalue weighted by Gasteiger charge is 2.16. The maximum atomic E-state index is 12.5. The van der Waals surface area contributed by atoms with Crippen molar-refractivity contribution in [1.82, 2.24) is 29.7 Å². The second-order valence-electron chi connectivity index (χ2n) is 17.9. The summed E-state index contributed by atoms with van der Waals surface area (Å²) in [7, 11) is 7.62. The first kappa shape index (κ1) is 71.2. The quantitative estimate of drug-likeness (QED) is 0.0246. The lowest BCUT2D eigenvalue weighted by molar-refractivity contribution is -0.131. The molecule has 0 aliphatic heterocycles. The number of fused-ring (bicyclic) bond motifs is 2. The third kappa shape index (κ3) is 23.9. The molecule has 0 atom stereocenters. The number of halogens is 7. The summed E-state index contributed by atoms with van der Waals surface area (Å²) in [6, 6.07) is 33.7. The molecule has 6 N–H and O–H groups in total. The van der Waals surface area contributed by atoms with Crippen molar-refractivity contribution in [3.63, 3.8) is 0 Å². The van der Waals surface area contributed by atoms with Gasteiger partial charge in [0, 0.05) is 121 Å². The molecule has 8 aromatic rings. The Kier molecular flexibility index (Phi) is 31.6. The molecule has 0 spiro atoms. The van der Waals surface area contributed by atoms with Crippen LogP contribution in [-0.2, 0) is 22.8 Å². The van der Waals surface area contributed by atoms with E-state index in [0.717, 1.165) is 39.5 Å². The molecular formula is C59H57Cl5I2N12O6. The zero-order valence-corrected chi connectivity index (χ0v) is 54.2. The Morgan fingerprint density at radius 3 is 1.51 bits per heavy atom. The summed E-state index contributed by atoms with van der Waals surface area (Å²) < 4.78 is 10.7. The van der Waals surface area contributed by atoms with Crippen molar-refractivity contribution < 1.29 is 29.0 Å². The number of carbonyl (C=O) groups excluding carboxylic acids is 2. The number of nitriles is 2. The molecule has 8 rings (SSSR count). The molecule has 25 heteroatoms. The number of benzene rings is 4. The van der Waals surface area contributed by atoms with E-state index < -0.39 is 10.7 Å². The average Bonchev–Trinajstić information content (AvgIpc) is 3.22. The molecule has 84 heavy (non-hydrogen) atoms. The first-order valence-electron chi connectivity index (χ1n) is 24.5. The normalized spacial score (nSPS) is 10.3. The number of aryl methyl sites for hydroxylation is 2. The summed E-state index contributed by atoms with van der Waals surface area (Å²) in [5.74, 6) is -0.0585. The van der Waals surface area contributed by atoms with Crippen LogP contribution in [0.5, 0.6) is 11.5 Å². The van der Waals surface area contributed by atoms with Crippen molar-refractivity contribution in [1.29, 1.82) is 10.5 Å². The zero-order valence-electron chi connectivity index (χ0n) is 46.0. The zero-order chi connectivity index (χ0) is 61.0.